The fraction of sp³-hybridized carbons (Fsp3) is 0.609. The van der Waals surface area contributed by atoms with Crippen LogP contribution >= 0.6 is 0 Å². The van der Waals surface area contributed by atoms with Gasteiger partial charge in [0.25, 0.3) is 0 Å². The van der Waals surface area contributed by atoms with Crippen molar-refractivity contribution in [3.8, 4) is 0 Å². The summed E-state index contributed by atoms with van der Waals surface area (Å²) in [7, 11) is 0. The van der Waals surface area contributed by atoms with E-state index in [1.54, 1.807) is 0 Å². The van der Waals surface area contributed by atoms with Crippen LogP contribution in [0.3, 0.4) is 0 Å². The summed E-state index contributed by atoms with van der Waals surface area (Å²) in [5.74, 6) is 1.16. The van der Waals surface area contributed by atoms with E-state index >= 15 is 0 Å². The van der Waals surface area contributed by atoms with Gasteiger partial charge in [-0.3, -0.25) is 4.99 Å². The van der Waals surface area contributed by atoms with Crippen LogP contribution in [0.1, 0.15) is 56.6 Å². The molecule has 4 heteroatoms. The van der Waals surface area contributed by atoms with Gasteiger partial charge in [0.05, 0.1) is 6.54 Å². The van der Waals surface area contributed by atoms with Gasteiger partial charge in [0.2, 0.25) is 0 Å². The first-order chi connectivity index (χ1) is 13.4. The van der Waals surface area contributed by atoms with Crippen molar-refractivity contribution in [2.24, 2.45) is 4.99 Å². The number of aromatic nitrogens is 1. The standard InChI is InChI=1S/C23H32N4/c1-2-6-19(7-3-1)26-14-10-20(11-15-26)27-17-18(16-23-24-12-13-25-23)21-8-4-5-9-22(21)27/h4-5,8-9,17,19-20H,1-3,6-7,10-16H2,(H,24,25). The van der Waals surface area contributed by atoms with E-state index in [1.807, 2.05) is 0 Å². The van der Waals surface area contributed by atoms with Crippen molar-refractivity contribution in [3.63, 3.8) is 0 Å². The third kappa shape index (κ3) is 3.52. The maximum absolute atomic E-state index is 4.61. The van der Waals surface area contributed by atoms with Crippen LogP contribution in [0.2, 0.25) is 0 Å². The minimum Gasteiger partial charge on any atom is -0.372 e. The van der Waals surface area contributed by atoms with Gasteiger partial charge in [-0.05, 0) is 37.3 Å². The second kappa shape index (κ2) is 7.67. The molecule has 0 unspecified atom stereocenters. The molecule has 2 aliphatic heterocycles. The maximum atomic E-state index is 4.61. The molecule has 5 rings (SSSR count). The Balaban J connectivity index is 1.34. The number of nitrogens with zero attached hydrogens (tertiary/aromatic N) is 3. The minimum absolute atomic E-state index is 0.641. The highest BCUT2D eigenvalue weighted by Gasteiger charge is 2.27. The van der Waals surface area contributed by atoms with E-state index in [1.165, 1.54) is 74.5 Å². The second-order valence-electron chi connectivity index (χ2n) is 8.57. The average molecular weight is 365 g/mol. The Morgan fingerprint density at radius 3 is 2.56 bits per heavy atom. The van der Waals surface area contributed by atoms with Gasteiger partial charge in [0.15, 0.2) is 0 Å². The molecule has 1 saturated heterocycles. The smallest absolute Gasteiger partial charge is 0.101 e. The lowest BCUT2D eigenvalue weighted by molar-refractivity contribution is 0.110. The molecular formula is C23H32N4. The number of para-hydroxylation sites is 1. The number of fused-ring (bicyclic) bond motifs is 1. The predicted molar refractivity (Wildman–Crippen MR) is 113 cm³/mol. The first-order valence-corrected chi connectivity index (χ1v) is 11.0. The van der Waals surface area contributed by atoms with Crippen LogP contribution in [0.25, 0.3) is 10.9 Å². The fourth-order valence-corrected chi connectivity index (χ4v) is 5.44. The summed E-state index contributed by atoms with van der Waals surface area (Å²) in [5, 5.41) is 4.84. The normalized spacial score (nSPS) is 22.9. The highest BCUT2D eigenvalue weighted by Crippen LogP contribution is 2.33. The molecule has 0 amide bonds. The number of aliphatic imine (C=N–C) groups is 1. The molecule has 1 saturated carbocycles. The van der Waals surface area contributed by atoms with Gasteiger partial charge >= 0.3 is 0 Å². The van der Waals surface area contributed by atoms with Crippen molar-refractivity contribution in [1.29, 1.82) is 0 Å². The molecule has 27 heavy (non-hydrogen) atoms. The number of amidine groups is 1. The Morgan fingerprint density at radius 1 is 0.963 bits per heavy atom. The van der Waals surface area contributed by atoms with Gasteiger partial charge in [-0.15, -0.1) is 0 Å². The second-order valence-corrected chi connectivity index (χ2v) is 8.57. The van der Waals surface area contributed by atoms with Crippen molar-refractivity contribution >= 4 is 16.7 Å². The summed E-state index contributed by atoms with van der Waals surface area (Å²) in [6, 6.07) is 10.5. The molecule has 3 heterocycles. The van der Waals surface area contributed by atoms with Crippen molar-refractivity contribution in [2.75, 3.05) is 26.2 Å². The van der Waals surface area contributed by atoms with Gasteiger partial charge in [-0.25, -0.2) is 0 Å². The Kier molecular flexibility index (Phi) is 4.91. The Morgan fingerprint density at radius 2 is 1.78 bits per heavy atom. The minimum atomic E-state index is 0.641. The Hall–Kier alpha value is -1.81. The summed E-state index contributed by atoms with van der Waals surface area (Å²) in [5.41, 5.74) is 2.83. The third-order valence-corrected chi connectivity index (χ3v) is 6.91. The molecule has 0 spiro atoms. The lowest BCUT2D eigenvalue weighted by Gasteiger charge is -2.39. The molecule has 3 aliphatic rings. The van der Waals surface area contributed by atoms with Crippen molar-refractivity contribution in [2.45, 2.75) is 63.5 Å². The van der Waals surface area contributed by atoms with E-state index in [2.05, 4.69) is 50.2 Å². The van der Waals surface area contributed by atoms with Crippen LogP contribution < -0.4 is 5.32 Å². The SMILES string of the molecule is c1ccc2c(c1)c(CC1=NCCN1)cn2C1CCN(C2CCCCC2)CC1. The quantitative estimate of drug-likeness (QED) is 0.884. The van der Waals surface area contributed by atoms with Gasteiger partial charge < -0.3 is 14.8 Å². The largest absolute Gasteiger partial charge is 0.372 e. The van der Waals surface area contributed by atoms with E-state index in [-0.39, 0.29) is 0 Å². The maximum Gasteiger partial charge on any atom is 0.101 e. The molecule has 1 aromatic carbocycles. The van der Waals surface area contributed by atoms with E-state index in [9.17, 15) is 0 Å². The predicted octanol–water partition coefficient (Wildman–Crippen LogP) is 4.16. The van der Waals surface area contributed by atoms with Crippen molar-refractivity contribution < 1.29 is 0 Å². The topological polar surface area (TPSA) is 32.6 Å². The summed E-state index contributed by atoms with van der Waals surface area (Å²) < 4.78 is 2.58. The molecule has 144 valence electrons. The first kappa shape index (κ1) is 17.3. The van der Waals surface area contributed by atoms with Crippen LogP contribution in [0.15, 0.2) is 35.5 Å². The zero-order valence-corrected chi connectivity index (χ0v) is 16.4. The molecule has 2 fully saturated rings. The molecular weight excluding hydrogens is 332 g/mol. The summed E-state index contributed by atoms with van der Waals surface area (Å²) in [4.78, 5) is 7.40. The highest BCUT2D eigenvalue weighted by atomic mass is 15.2. The molecule has 0 bridgehead atoms. The summed E-state index contributed by atoms with van der Waals surface area (Å²) in [6.07, 6.45) is 13.1. The number of hydrogen-bond acceptors (Lipinski definition) is 3. The Labute approximate surface area is 162 Å². The number of nitrogens with one attached hydrogen (secondary N) is 1. The Bertz CT molecular complexity index is 807. The molecule has 1 aliphatic carbocycles. The lowest BCUT2D eigenvalue weighted by Crippen LogP contribution is -2.42. The number of likely N-dealkylation sites (tertiary alicyclic amines) is 1. The number of piperidine rings is 1. The average Bonchev–Trinajstić information content (AvgIpc) is 3.38. The van der Waals surface area contributed by atoms with Crippen LogP contribution in [-0.2, 0) is 6.42 Å². The molecule has 1 N–H and O–H groups in total. The van der Waals surface area contributed by atoms with Gasteiger partial charge in [-0.1, -0.05) is 37.5 Å². The summed E-state index contributed by atoms with van der Waals surface area (Å²) >= 11 is 0. The zero-order valence-electron chi connectivity index (χ0n) is 16.4. The third-order valence-electron chi connectivity index (χ3n) is 6.91. The first-order valence-electron chi connectivity index (χ1n) is 11.0. The van der Waals surface area contributed by atoms with E-state index in [0.29, 0.717) is 6.04 Å². The fourth-order valence-electron chi connectivity index (χ4n) is 5.44. The zero-order chi connectivity index (χ0) is 18.1. The van der Waals surface area contributed by atoms with Crippen LogP contribution in [0, 0.1) is 0 Å². The molecule has 0 atom stereocenters. The van der Waals surface area contributed by atoms with Crippen LogP contribution in [0.4, 0.5) is 0 Å². The summed E-state index contributed by atoms with van der Waals surface area (Å²) in [6.45, 7) is 4.46. The van der Waals surface area contributed by atoms with Crippen LogP contribution in [0.5, 0.6) is 0 Å². The van der Waals surface area contributed by atoms with Crippen LogP contribution in [-0.4, -0.2) is 47.5 Å². The van der Waals surface area contributed by atoms with Gasteiger partial charge in [0, 0.05) is 55.2 Å². The number of rotatable bonds is 4. The van der Waals surface area contributed by atoms with Crippen molar-refractivity contribution in [1.82, 2.24) is 14.8 Å². The number of hydrogen-bond donors (Lipinski definition) is 1. The van der Waals surface area contributed by atoms with Gasteiger partial charge in [0.1, 0.15) is 5.84 Å². The molecule has 4 nitrogen and oxygen atoms in total. The lowest BCUT2D eigenvalue weighted by atomic mass is 9.92. The monoisotopic (exact) mass is 364 g/mol. The van der Waals surface area contributed by atoms with E-state index < -0.39 is 0 Å². The molecule has 2 aromatic rings. The van der Waals surface area contributed by atoms with Gasteiger partial charge in [-0.2, -0.15) is 0 Å². The van der Waals surface area contributed by atoms with Crippen molar-refractivity contribution in [3.05, 3.63) is 36.0 Å². The molecule has 0 radical (unpaired) electrons. The highest BCUT2D eigenvalue weighted by molar-refractivity contribution is 5.92. The van der Waals surface area contributed by atoms with E-state index in [0.717, 1.165) is 31.4 Å². The number of benzene rings is 1. The molecule has 1 aromatic heterocycles. The van der Waals surface area contributed by atoms with E-state index in [4.69, 9.17) is 0 Å².